The molecule has 1 saturated heterocycles. The van der Waals surface area contributed by atoms with Crippen LogP contribution < -0.4 is 4.74 Å². The summed E-state index contributed by atoms with van der Waals surface area (Å²) in [4.78, 5) is 2.47. The SMILES string of the molecule is C[C-](C)O[C@@]12CC=C(OC(C)(C)C)C3Oc4c(CO)ccc5c4C31CCN(C)[C@@H]2C5.[Y]. The van der Waals surface area contributed by atoms with Crippen LogP contribution in [-0.4, -0.2) is 46.9 Å². The van der Waals surface area contributed by atoms with E-state index in [1.54, 1.807) is 0 Å². The van der Waals surface area contributed by atoms with E-state index in [0.29, 0.717) is 0 Å². The maximum Gasteiger partial charge on any atom is 0.168 e. The maximum atomic E-state index is 10.1. The van der Waals surface area contributed by atoms with Crippen LogP contribution in [0.2, 0.25) is 0 Å². The van der Waals surface area contributed by atoms with Crippen molar-refractivity contribution in [2.75, 3.05) is 13.6 Å². The van der Waals surface area contributed by atoms with Crippen LogP contribution in [0.3, 0.4) is 0 Å². The molecule has 2 bridgehead atoms. The van der Waals surface area contributed by atoms with E-state index in [1.165, 1.54) is 11.1 Å². The van der Waals surface area contributed by atoms with Gasteiger partial charge in [0.25, 0.3) is 0 Å². The molecule has 0 aromatic heterocycles. The largest absolute Gasteiger partial charge is 0.543 e. The number of ether oxygens (including phenoxy) is 3. The fourth-order valence-electron chi connectivity index (χ4n) is 6.52. The van der Waals surface area contributed by atoms with Gasteiger partial charge in [0, 0.05) is 49.9 Å². The Morgan fingerprint density at radius 2 is 2.03 bits per heavy atom. The number of benzene rings is 1. The molecule has 1 spiro atoms. The van der Waals surface area contributed by atoms with Crippen LogP contribution in [0.5, 0.6) is 5.75 Å². The molecule has 1 aromatic rings. The van der Waals surface area contributed by atoms with Gasteiger partial charge in [-0.05, 0) is 65.3 Å². The standard InChI is InChI=1S/C25H34NO4.Y/c1-15(2)29-25-10-9-18(30-23(3,4)5)22-24(25)11-12-26(6)19(25)13-16-7-8-17(14-27)21(28-22)20(16)24;/h7-9,19,22,27H,10-14H2,1-6H3;/q-1;/t19-,22?,24?,25-;/m1./s1. The van der Waals surface area contributed by atoms with Crippen molar-refractivity contribution in [1.29, 1.82) is 0 Å². The van der Waals surface area contributed by atoms with E-state index in [0.717, 1.165) is 49.0 Å². The first-order chi connectivity index (χ1) is 14.1. The van der Waals surface area contributed by atoms with Gasteiger partial charge < -0.3 is 24.2 Å². The van der Waals surface area contributed by atoms with Gasteiger partial charge in [0.05, 0.1) is 17.6 Å². The van der Waals surface area contributed by atoms with Crippen molar-refractivity contribution in [3.05, 3.63) is 46.8 Å². The summed E-state index contributed by atoms with van der Waals surface area (Å²) in [6.45, 7) is 11.3. The van der Waals surface area contributed by atoms with Gasteiger partial charge in [-0.1, -0.05) is 12.1 Å². The number of likely N-dealkylation sites (N-methyl/N-ethyl adjacent to an activating group) is 1. The Balaban J connectivity index is 0.00000231. The fraction of sp³-hybridized carbons (Fsp3) is 0.640. The summed E-state index contributed by atoms with van der Waals surface area (Å²) in [6.07, 6.45) is 5.62. The minimum Gasteiger partial charge on any atom is -0.543 e. The molecular formula is C25H34NO4Y-. The zero-order valence-corrected chi connectivity index (χ0v) is 22.5. The van der Waals surface area contributed by atoms with Crippen molar-refractivity contribution < 1.29 is 52.0 Å². The van der Waals surface area contributed by atoms with Crippen LogP contribution in [-0.2, 0) is 60.6 Å². The van der Waals surface area contributed by atoms with Crippen LogP contribution in [0.15, 0.2) is 24.0 Å². The van der Waals surface area contributed by atoms with Crippen molar-refractivity contribution in [3.63, 3.8) is 0 Å². The molecule has 4 aliphatic rings. The second kappa shape index (κ2) is 7.80. The minimum atomic E-state index is -0.402. The summed E-state index contributed by atoms with van der Waals surface area (Å²) < 4.78 is 20.1. The van der Waals surface area contributed by atoms with E-state index in [-0.39, 0.29) is 62.5 Å². The Morgan fingerprint density at radius 1 is 1.29 bits per heavy atom. The third-order valence-electron chi connectivity index (χ3n) is 7.40. The van der Waals surface area contributed by atoms with Gasteiger partial charge in [0.1, 0.15) is 17.1 Å². The Bertz CT molecular complexity index is 908. The van der Waals surface area contributed by atoms with Crippen LogP contribution in [0.1, 0.15) is 64.2 Å². The average molecular weight is 501 g/mol. The molecule has 1 fully saturated rings. The Morgan fingerprint density at radius 3 is 2.68 bits per heavy atom. The normalized spacial score (nSPS) is 33.4. The van der Waals surface area contributed by atoms with Crippen molar-refractivity contribution in [2.24, 2.45) is 0 Å². The molecule has 0 saturated carbocycles. The van der Waals surface area contributed by atoms with E-state index >= 15 is 0 Å². The number of aliphatic hydroxyl groups is 1. The quantitative estimate of drug-likeness (QED) is 0.636. The first-order valence-electron chi connectivity index (χ1n) is 11.1. The smallest absolute Gasteiger partial charge is 0.168 e. The second-order valence-electron chi connectivity index (χ2n) is 10.6. The van der Waals surface area contributed by atoms with E-state index in [4.69, 9.17) is 14.2 Å². The van der Waals surface area contributed by atoms with Crippen molar-refractivity contribution in [3.8, 4) is 5.75 Å². The average Bonchev–Trinajstić information content (AvgIpc) is 3.00. The van der Waals surface area contributed by atoms with Crippen molar-refractivity contribution >= 4 is 0 Å². The molecule has 167 valence electrons. The number of likely N-dealkylation sites (tertiary alicyclic amines) is 1. The van der Waals surface area contributed by atoms with Crippen LogP contribution in [0, 0.1) is 6.10 Å². The van der Waals surface area contributed by atoms with Crippen LogP contribution in [0.25, 0.3) is 0 Å². The van der Waals surface area contributed by atoms with Gasteiger partial charge in [-0.3, -0.25) is 0 Å². The Hall–Kier alpha value is -0.456. The molecule has 5 rings (SSSR count). The van der Waals surface area contributed by atoms with Gasteiger partial charge in [-0.15, -0.1) is 0 Å². The third-order valence-corrected chi connectivity index (χ3v) is 7.40. The van der Waals surface area contributed by atoms with Crippen LogP contribution >= 0.6 is 0 Å². The topological polar surface area (TPSA) is 51.2 Å². The predicted octanol–water partition coefficient (Wildman–Crippen LogP) is 3.87. The van der Waals surface area contributed by atoms with Crippen molar-refractivity contribution in [2.45, 2.75) is 89.3 Å². The summed E-state index contributed by atoms with van der Waals surface area (Å²) in [5, 5.41) is 10.1. The molecule has 1 radical (unpaired) electrons. The van der Waals surface area contributed by atoms with Crippen molar-refractivity contribution in [1.82, 2.24) is 4.90 Å². The molecule has 2 aliphatic carbocycles. The maximum absolute atomic E-state index is 10.1. The first kappa shape index (κ1) is 23.7. The number of hydrogen-bond acceptors (Lipinski definition) is 5. The summed E-state index contributed by atoms with van der Waals surface area (Å²) in [7, 11) is 2.22. The minimum absolute atomic E-state index is 0. The zero-order chi connectivity index (χ0) is 21.5. The number of hydrogen-bond donors (Lipinski definition) is 1. The monoisotopic (exact) mass is 501 g/mol. The van der Waals surface area contributed by atoms with E-state index in [1.807, 2.05) is 6.07 Å². The molecule has 2 unspecified atom stereocenters. The van der Waals surface area contributed by atoms with E-state index < -0.39 is 5.60 Å². The van der Waals surface area contributed by atoms with Gasteiger partial charge >= 0.3 is 0 Å². The molecule has 5 nitrogen and oxygen atoms in total. The number of aliphatic hydroxyl groups excluding tert-OH is 1. The summed E-state index contributed by atoms with van der Waals surface area (Å²) in [5.41, 5.74) is 2.41. The van der Waals surface area contributed by atoms with Gasteiger partial charge in [-0.25, -0.2) is 6.10 Å². The summed E-state index contributed by atoms with van der Waals surface area (Å²) >= 11 is 0. The van der Waals surface area contributed by atoms with Gasteiger partial charge in [0.15, 0.2) is 6.10 Å². The summed E-state index contributed by atoms with van der Waals surface area (Å²) in [6, 6.07) is 4.48. The number of nitrogens with zero attached hydrogens (tertiary/aromatic N) is 1. The summed E-state index contributed by atoms with van der Waals surface area (Å²) in [5.74, 6) is 1.77. The Labute approximate surface area is 211 Å². The van der Waals surface area contributed by atoms with Crippen LogP contribution in [0.4, 0.5) is 0 Å². The number of piperidine rings is 1. The molecule has 2 aliphatic heterocycles. The molecule has 0 amide bonds. The fourth-order valence-corrected chi connectivity index (χ4v) is 6.52. The Kier molecular flexibility index (Phi) is 5.96. The van der Waals surface area contributed by atoms with E-state index in [9.17, 15) is 5.11 Å². The molecule has 1 aromatic carbocycles. The molecule has 4 atom stereocenters. The molecule has 2 heterocycles. The molecule has 31 heavy (non-hydrogen) atoms. The van der Waals surface area contributed by atoms with E-state index in [2.05, 4.69) is 58.7 Å². The molecule has 6 heteroatoms. The van der Waals surface area contributed by atoms with Gasteiger partial charge in [0.2, 0.25) is 0 Å². The number of rotatable bonds is 4. The van der Waals surface area contributed by atoms with Gasteiger partial charge in [-0.2, -0.15) is 13.8 Å². The molecule has 1 N–H and O–H groups in total. The predicted molar refractivity (Wildman–Crippen MR) is 115 cm³/mol. The third kappa shape index (κ3) is 3.21. The molecular weight excluding hydrogens is 467 g/mol. The first-order valence-corrected chi connectivity index (χ1v) is 11.1. The second-order valence-corrected chi connectivity index (χ2v) is 10.6. The zero-order valence-electron chi connectivity index (χ0n) is 19.6.